The molecule has 0 heterocycles. The highest BCUT2D eigenvalue weighted by Crippen LogP contribution is 2.60. The van der Waals surface area contributed by atoms with Gasteiger partial charge in [0.15, 0.2) is 6.61 Å². The molecule has 6 nitrogen and oxygen atoms in total. The van der Waals surface area contributed by atoms with Gasteiger partial charge < -0.3 is 20.1 Å². The highest BCUT2D eigenvalue weighted by Gasteiger charge is 2.69. The zero-order chi connectivity index (χ0) is 22.8. The average molecular weight is 477 g/mol. The molecule has 0 unspecified atom stereocenters. The van der Waals surface area contributed by atoms with E-state index >= 15 is 0 Å². The summed E-state index contributed by atoms with van der Waals surface area (Å²) in [5.41, 5.74) is 1.96. The van der Waals surface area contributed by atoms with Crippen molar-refractivity contribution in [3.05, 3.63) is 63.6 Å². The summed E-state index contributed by atoms with van der Waals surface area (Å²) in [4.78, 5) is 24.4. The molecular weight excluding hydrogens is 451 g/mol. The van der Waals surface area contributed by atoms with Crippen LogP contribution in [0.5, 0.6) is 5.75 Å². The number of benzene rings is 2. The molecule has 2 N–H and O–H groups in total. The van der Waals surface area contributed by atoms with Crippen molar-refractivity contribution in [1.29, 1.82) is 0 Å². The normalized spacial score (nSPS) is 23.0. The largest absolute Gasteiger partial charge is 0.484 e. The predicted molar refractivity (Wildman–Crippen MR) is 123 cm³/mol. The molecule has 0 saturated heterocycles. The minimum Gasteiger partial charge on any atom is -0.484 e. The van der Waals surface area contributed by atoms with Gasteiger partial charge in [-0.15, -0.1) is 0 Å². The Balaban J connectivity index is 1.11. The molecule has 3 fully saturated rings. The Morgan fingerprint density at radius 1 is 0.906 bits per heavy atom. The first-order valence-electron chi connectivity index (χ1n) is 10.6. The number of halogens is 2. The summed E-state index contributed by atoms with van der Waals surface area (Å²) in [6, 6.07) is 13.1. The maximum Gasteiger partial charge on any atom is 0.258 e. The molecule has 2 aromatic rings. The third kappa shape index (κ3) is 5.37. The topological polar surface area (TPSA) is 76.7 Å². The predicted octanol–water partition coefficient (Wildman–Crippen LogP) is 3.85. The summed E-state index contributed by atoms with van der Waals surface area (Å²) in [6.45, 7) is 2.50. The first kappa shape index (κ1) is 22.9. The summed E-state index contributed by atoms with van der Waals surface area (Å²) in [6.07, 6.45) is 2.97. The lowest BCUT2D eigenvalue weighted by atomic mass is 9.44. The van der Waals surface area contributed by atoms with Crippen molar-refractivity contribution in [3.8, 4) is 5.75 Å². The molecule has 2 amide bonds. The van der Waals surface area contributed by atoms with Crippen molar-refractivity contribution >= 4 is 35.0 Å². The van der Waals surface area contributed by atoms with Crippen molar-refractivity contribution in [2.75, 3.05) is 19.8 Å². The Hall–Kier alpha value is -2.28. The molecule has 0 aromatic heterocycles. The van der Waals surface area contributed by atoms with E-state index in [9.17, 15) is 9.59 Å². The van der Waals surface area contributed by atoms with Gasteiger partial charge in [-0.1, -0.05) is 53.0 Å². The van der Waals surface area contributed by atoms with Crippen molar-refractivity contribution in [1.82, 2.24) is 10.6 Å². The van der Waals surface area contributed by atoms with Gasteiger partial charge in [-0.25, -0.2) is 0 Å². The summed E-state index contributed by atoms with van der Waals surface area (Å²) >= 11 is 11.8. The van der Waals surface area contributed by atoms with Crippen LogP contribution < -0.4 is 15.4 Å². The Labute approximate surface area is 197 Å². The zero-order valence-corrected chi connectivity index (χ0v) is 19.4. The van der Waals surface area contributed by atoms with E-state index in [0.29, 0.717) is 22.4 Å². The number of carbonyl (C=O) groups excluding carboxylic acids is 2. The first-order chi connectivity index (χ1) is 15.3. The molecule has 5 rings (SSSR count). The van der Waals surface area contributed by atoms with Crippen LogP contribution in [0.15, 0.2) is 42.5 Å². The third-order valence-corrected chi connectivity index (χ3v) is 6.73. The summed E-state index contributed by atoms with van der Waals surface area (Å²) < 4.78 is 11.0. The average Bonchev–Trinajstić information content (AvgIpc) is 2.71. The van der Waals surface area contributed by atoms with E-state index in [-0.39, 0.29) is 36.1 Å². The van der Waals surface area contributed by atoms with Gasteiger partial charge in [-0.2, -0.15) is 0 Å². The Kier molecular flexibility index (Phi) is 6.65. The molecule has 32 heavy (non-hydrogen) atoms. The number of carbonyl (C=O) groups is 2. The third-order valence-electron chi connectivity index (χ3n) is 5.99. The molecular formula is C24H26Cl2N2O4. The van der Waals surface area contributed by atoms with E-state index in [1.54, 1.807) is 18.2 Å². The molecule has 0 atom stereocenters. The van der Waals surface area contributed by atoms with E-state index in [0.717, 1.165) is 25.7 Å². The van der Waals surface area contributed by atoms with Gasteiger partial charge in [-0.05, 0) is 50.3 Å². The van der Waals surface area contributed by atoms with Crippen LogP contribution in [0.4, 0.5) is 0 Å². The highest BCUT2D eigenvalue weighted by molar-refractivity contribution is 6.42. The van der Waals surface area contributed by atoms with Crippen molar-refractivity contribution in [2.45, 2.75) is 43.7 Å². The maximum atomic E-state index is 12.2. The number of hydrogen-bond donors (Lipinski definition) is 2. The number of nitrogens with one attached hydrogen (secondary N) is 2. The number of ether oxygens (including phenoxy) is 2. The highest BCUT2D eigenvalue weighted by atomic mass is 35.5. The molecule has 0 spiro atoms. The van der Waals surface area contributed by atoms with Gasteiger partial charge in [0.05, 0.1) is 16.7 Å². The van der Waals surface area contributed by atoms with Gasteiger partial charge in [0.1, 0.15) is 12.4 Å². The molecule has 3 aliphatic carbocycles. The minimum absolute atomic E-state index is 0.0461. The van der Waals surface area contributed by atoms with Crippen molar-refractivity contribution in [2.24, 2.45) is 0 Å². The molecule has 0 radical (unpaired) electrons. The lowest BCUT2D eigenvalue weighted by Crippen LogP contribution is -2.84. The van der Waals surface area contributed by atoms with E-state index in [1.807, 2.05) is 0 Å². The van der Waals surface area contributed by atoms with Crippen LogP contribution in [0.25, 0.3) is 0 Å². The number of aryl methyl sites for hydroxylation is 1. The second-order valence-electron chi connectivity index (χ2n) is 8.84. The molecule has 3 aliphatic rings. The molecule has 2 bridgehead atoms. The summed E-state index contributed by atoms with van der Waals surface area (Å²) in [7, 11) is 0. The molecule has 3 saturated carbocycles. The van der Waals surface area contributed by atoms with Crippen LogP contribution in [0.2, 0.25) is 10.0 Å². The molecule has 8 heteroatoms. The summed E-state index contributed by atoms with van der Waals surface area (Å²) in [5, 5.41) is 6.89. The van der Waals surface area contributed by atoms with E-state index < -0.39 is 0 Å². The van der Waals surface area contributed by atoms with Crippen LogP contribution in [-0.4, -0.2) is 42.7 Å². The molecule has 2 aromatic carbocycles. The lowest BCUT2D eigenvalue weighted by Gasteiger charge is -2.70. The molecule has 0 aliphatic heterocycles. The first-order valence-corrected chi connectivity index (χ1v) is 11.4. The van der Waals surface area contributed by atoms with Crippen LogP contribution in [0, 0.1) is 6.92 Å². The Bertz CT molecular complexity index is 990. The van der Waals surface area contributed by atoms with Gasteiger partial charge in [-0.3, -0.25) is 9.59 Å². The second kappa shape index (κ2) is 9.30. The van der Waals surface area contributed by atoms with Crippen LogP contribution >= 0.6 is 23.2 Å². The van der Waals surface area contributed by atoms with Crippen LogP contribution in [-0.2, 0) is 20.7 Å². The Morgan fingerprint density at radius 2 is 1.53 bits per heavy atom. The summed E-state index contributed by atoms with van der Waals surface area (Å²) in [5.74, 6) is 0.171. The van der Waals surface area contributed by atoms with Crippen LogP contribution in [0.1, 0.15) is 30.4 Å². The number of rotatable bonds is 10. The molecule has 170 valence electrons. The standard InChI is InChI=1S/C24H26Cl2N2O4/c1-16-2-4-17(5-3-16)8-9-31-11-21(29)27-23-13-24(14-23,15-23)28-22(30)12-32-18-6-7-19(25)20(26)10-18/h2-7,10H,8-9,11-15H2,1H3,(H,27,29)(H,28,30). The number of amides is 2. The van der Waals surface area contributed by atoms with E-state index in [1.165, 1.54) is 11.1 Å². The van der Waals surface area contributed by atoms with Gasteiger partial charge >= 0.3 is 0 Å². The smallest absolute Gasteiger partial charge is 0.258 e. The lowest BCUT2D eigenvalue weighted by molar-refractivity contribution is -0.152. The zero-order valence-electron chi connectivity index (χ0n) is 17.9. The fourth-order valence-corrected chi connectivity index (χ4v) is 4.83. The van der Waals surface area contributed by atoms with E-state index in [4.69, 9.17) is 32.7 Å². The minimum atomic E-state index is -0.238. The van der Waals surface area contributed by atoms with Gasteiger partial charge in [0, 0.05) is 17.1 Å². The fourth-order valence-electron chi connectivity index (χ4n) is 4.54. The quantitative estimate of drug-likeness (QED) is 0.510. The Morgan fingerprint density at radius 3 is 2.16 bits per heavy atom. The van der Waals surface area contributed by atoms with Crippen molar-refractivity contribution in [3.63, 3.8) is 0 Å². The number of hydrogen-bond acceptors (Lipinski definition) is 4. The maximum absolute atomic E-state index is 12.2. The monoisotopic (exact) mass is 476 g/mol. The van der Waals surface area contributed by atoms with Crippen LogP contribution in [0.3, 0.4) is 0 Å². The SMILES string of the molecule is Cc1ccc(CCOCC(=O)NC23CC(NC(=O)COc4ccc(Cl)c(Cl)c4)(C2)C3)cc1. The van der Waals surface area contributed by atoms with E-state index in [2.05, 4.69) is 41.8 Å². The second-order valence-corrected chi connectivity index (χ2v) is 9.65. The fraction of sp³-hybridized carbons (Fsp3) is 0.417. The van der Waals surface area contributed by atoms with Crippen molar-refractivity contribution < 1.29 is 19.1 Å². The van der Waals surface area contributed by atoms with Gasteiger partial charge in [0.2, 0.25) is 5.91 Å². The van der Waals surface area contributed by atoms with Gasteiger partial charge in [0.25, 0.3) is 5.91 Å².